The van der Waals surface area contributed by atoms with Gasteiger partial charge in [0.25, 0.3) is 0 Å². The van der Waals surface area contributed by atoms with Crippen LogP contribution >= 0.6 is 23.2 Å². The average Bonchev–Trinajstić information content (AvgIpc) is 3.58. The van der Waals surface area contributed by atoms with Gasteiger partial charge in [-0.2, -0.15) is 0 Å². The van der Waals surface area contributed by atoms with E-state index in [4.69, 9.17) is 42.1 Å². The molecule has 0 aliphatic heterocycles. The predicted molar refractivity (Wildman–Crippen MR) is 141 cm³/mol. The number of aromatic nitrogens is 4. The molecule has 0 radical (unpaired) electrons. The minimum Gasteiger partial charge on any atom is -0.471 e. The van der Waals surface area contributed by atoms with Crippen LogP contribution in [-0.4, -0.2) is 58.6 Å². The molecule has 196 valence electrons. The van der Waals surface area contributed by atoms with Crippen LogP contribution in [0, 0.1) is 0 Å². The van der Waals surface area contributed by atoms with Crippen molar-refractivity contribution in [2.45, 2.75) is 20.1 Å². The first kappa shape index (κ1) is 28.2. The fraction of sp³-hybridized carbons (Fsp3) is 0.269. The molecule has 0 amide bonds. The largest absolute Gasteiger partial charge is 0.471 e. The number of nitrogens with zero attached hydrogens (tertiary/aromatic N) is 4. The van der Waals surface area contributed by atoms with E-state index in [1.807, 2.05) is 56.4 Å². The summed E-state index contributed by atoms with van der Waals surface area (Å²) in [5.74, 6) is 0.941. The van der Waals surface area contributed by atoms with Crippen molar-refractivity contribution in [3.63, 3.8) is 0 Å². The van der Waals surface area contributed by atoms with Crippen molar-refractivity contribution in [1.29, 1.82) is 0 Å². The molecule has 11 heteroatoms. The highest BCUT2D eigenvalue weighted by molar-refractivity contribution is 6.30. The number of benzene rings is 2. The molecule has 0 spiro atoms. The molecule has 2 heterocycles. The van der Waals surface area contributed by atoms with Gasteiger partial charge in [-0.1, -0.05) is 23.2 Å². The van der Waals surface area contributed by atoms with Gasteiger partial charge in [-0.05, 0) is 62.4 Å². The van der Waals surface area contributed by atoms with E-state index in [9.17, 15) is 4.79 Å². The van der Waals surface area contributed by atoms with Crippen molar-refractivity contribution in [3.8, 4) is 23.1 Å². The normalized spacial score (nSPS) is 10.6. The summed E-state index contributed by atoms with van der Waals surface area (Å²) < 4.78 is 24.8. The Morgan fingerprint density at radius 2 is 1.22 bits per heavy atom. The number of carbonyl (C=O) groups excluding carboxylic acids is 1. The lowest BCUT2D eigenvalue weighted by Gasteiger charge is -2.16. The first-order valence-corrected chi connectivity index (χ1v) is 12.3. The lowest BCUT2D eigenvalue weighted by atomic mass is 10.3. The Balaban J connectivity index is 0.000000213. The van der Waals surface area contributed by atoms with Crippen LogP contribution < -0.4 is 9.47 Å². The minimum atomic E-state index is -0.374. The summed E-state index contributed by atoms with van der Waals surface area (Å²) in [4.78, 5) is 10.1. The van der Waals surface area contributed by atoms with Crippen LogP contribution in [0.15, 0.2) is 73.1 Å². The van der Waals surface area contributed by atoms with E-state index in [1.54, 1.807) is 39.8 Å². The molecule has 0 saturated heterocycles. The van der Waals surface area contributed by atoms with E-state index in [1.165, 1.54) is 0 Å². The lowest BCUT2D eigenvalue weighted by Crippen LogP contribution is -2.25. The summed E-state index contributed by atoms with van der Waals surface area (Å²) in [5, 5.41) is 9.85. The molecule has 0 bridgehead atoms. The highest BCUT2D eigenvalue weighted by Crippen LogP contribution is 2.16. The molecule has 0 unspecified atom stereocenters. The van der Waals surface area contributed by atoms with Gasteiger partial charge in [0.15, 0.2) is 12.6 Å². The number of carbonyl (C=O) groups is 1. The molecule has 4 rings (SSSR count). The lowest BCUT2D eigenvalue weighted by molar-refractivity contribution is -0.152. The second-order valence-corrected chi connectivity index (χ2v) is 8.15. The summed E-state index contributed by atoms with van der Waals surface area (Å²) in [6.45, 7) is 5.31. The molecular weight excluding hydrogens is 519 g/mol. The van der Waals surface area contributed by atoms with Crippen molar-refractivity contribution in [1.82, 2.24) is 19.6 Å². The topological polar surface area (TPSA) is 89.6 Å². The molecule has 0 N–H and O–H groups in total. The highest BCUT2D eigenvalue weighted by atomic mass is 35.5. The SMILES string of the molecule is CCOC(COc1ccn(-c2ccc(Cl)cc2)n1)OCC.O=CCOc1ccn(-c2ccc(Cl)cc2)n1. The fourth-order valence-corrected chi connectivity index (χ4v) is 3.28. The quantitative estimate of drug-likeness (QED) is 0.173. The van der Waals surface area contributed by atoms with Gasteiger partial charge < -0.3 is 18.9 Å². The molecule has 0 aliphatic rings. The molecule has 0 atom stereocenters. The summed E-state index contributed by atoms with van der Waals surface area (Å²) in [5.41, 5.74) is 1.80. The maximum Gasteiger partial charge on any atom is 0.233 e. The molecule has 37 heavy (non-hydrogen) atoms. The van der Waals surface area contributed by atoms with Crippen molar-refractivity contribution >= 4 is 29.5 Å². The second-order valence-electron chi connectivity index (χ2n) is 7.28. The van der Waals surface area contributed by atoms with Gasteiger partial charge in [0.2, 0.25) is 11.8 Å². The molecule has 0 fully saturated rings. The van der Waals surface area contributed by atoms with Crippen LogP contribution in [-0.2, 0) is 14.3 Å². The monoisotopic (exact) mass is 546 g/mol. The number of halogens is 2. The van der Waals surface area contributed by atoms with E-state index < -0.39 is 0 Å². The van der Waals surface area contributed by atoms with Gasteiger partial charge in [0.05, 0.1) is 11.4 Å². The van der Waals surface area contributed by atoms with Gasteiger partial charge in [0, 0.05) is 47.8 Å². The van der Waals surface area contributed by atoms with Gasteiger partial charge in [-0.3, -0.25) is 4.79 Å². The highest BCUT2D eigenvalue weighted by Gasteiger charge is 2.10. The zero-order valence-electron chi connectivity index (χ0n) is 20.5. The summed E-state index contributed by atoms with van der Waals surface area (Å²) in [7, 11) is 0. The predicted octanol–water partition coefficient (Wildman–Crippen LogP) is 5.41. The molecular formula is C26H28Cl2N4O5. The van der Waals surface area contributed by atoms with Crippen LogP contribution in [0.1, 0.15) is 13.8 Å². The number of hydrogen-bond acceptors (Lipinski definition) is 7. The zero-order chi connectivity index (χ0) is 26.5. The van der Waals surface area contributed by atoms with Crippen molar-refractivity contribution < 1.29 is 23.7 Å². The molecule has 9 nitrogen and oxygen atoms in total. The maximum absolute atomic E-state index is 10.1. The Labute approximate surface area is 225 Å². The van der Waals surface area contributed by atoms with Crippen LogP contribution in [0.25, 0.3) is 11.4 Å². The maximum atomic E-state index is 10.1. The van der Waals surface area contributed by atoms with Gasteiger partial charge in [0.1, 0.15) is 13.2 Å². The van der Waals surface area contributed by atoms with E-state index in [2.05, 4.69) is 10.2 Å². The summed E-state index contributed by atoms with van der Waals surface area (Å²) >= 11 is 11.6. The van der Waals surface area contributed by atoms with E-state index in [0.717, 1.165) is 11.4 Å². The first-order valence-electron chi connectivity index (χ1n) is 11.6. The van der Waals surface area contributed by atoms with Crippen LogP contribution in [0.3, 0.4) is 0 Å². The average molecular weight is 547 g/mol. The van der Waals surface area contributed by atoms with Gasteiger partial charge in [-0.25, -0.2) is 9.36 Å². The number of aldehydes is 1. The van der Waals surface area contributed by atoms with Gasteiger partial charge >= 0.3 is 0 Å². The van der Waals surface area contributed by atoms with Crippen LogP contribution in [0.5, 0.6) is 11.8 Å². The number of hydrogen-bond donors (Lipinski definition) is 0. The minimum absolute atomic E-state index is 0.0115. The molecule has 4 aromatic rings. The first-order chi connectivity index (χ1) is 18.0. The summed E-state index contributed by atoms with van der Waals surface area (Å²) in [6, 6.07) is 18.2. The van der Waals surface area contributed by atoms with Crippen molar-refractivity contribution in [3.05, 3.63) is 83.1 Å². The number of rotatable bonds is 12. The summed E-state index contributed by atoms with van der Waals surface area (Å²) in [6.07, 6.45) is 3.89. The Kier molecular flexibility index (Phi) is 11.4. The molecule has 0 saturated carbocycles. The van der Waals surface area contributed by atoms with Crippen molar-refractivity contribution in [2.24, 2.45) is 0 Å². The standard InChI is InChI=1S/C15H19ClN2O3.C11H9ClN2O2/c1-3-19-15(20-4-2)11-21-14-9-10-18(17-14)13-7-5-12(16)6-8-13;12-9-1-3-10(4-2-9)14-6-5-11(13-14)16-8-7-15/h5-10,15H,3-4,11H2,1-2H3;1-7H,8H2. The molecule has 0 aliphatic carbocycles. The third kappa shape index (κ3) is 9.22. The third-order valence-electron chi connectivity index (χ3n) is 4.68. The second kappa shape index (κ2) is 15.0. The van der Waals surface area contributed by atoms with E-state index >= 15 is 0 Å². The third-order valence-corrected chi connectivity index (χ3v) is 5.19. The fourth-order valence-electron chi connectivity index (χ4n) is 3.03. The Morgan fingerprint density at radius 3 is 1.65 bits per heavy atom. The van der Waals surface area contributed by atoms with E-state index in [0.29, 0.717) is 47.9 Å². The smallest absolute Gasteiger partial charge is 0.233 e. The van der Waals surface area contributed by atoms with Crippen LogP contribution in [0.2, 0.25) is 10.0 Å². The Morgan fingerprint density at radius 1 is 0.757 bits per heavy atom. The Hall–Kier alpha value is -3.37. The van der Waals surface area contributed by atoms with Crippen LogP contribution in [0.4, 0.5) is 0 Å². The van der Waals surface area contributed by atoms with Crippen molar-refractivity contribution in [2.75, 3.05) is 26.4 Å². The van der Waals surface area contributed by atoms with E-state index in [-0.39, 0.29) is 12.9 Å². The number of ether oxygens (including phenoxy) is 4. The Bertz CT molecular complexity index is 1210. The molecule has 2 aromatic carbocycles. The van der Waals surface area contributed by atoms with Gasteiger partial charge in [-0.15, -0.1) is 10.2 Å². The zero-order valence-corrected chi connectivity index (χ0v) is 22.0. The molecule has 2 aromatic heterocycles.